The molecule has 5 nitrogen and oxygen atoms in total. The second-order valence-electron chi connectivity index (χ2n) is 5.70. The van der Waals surface area contributed by atoms with E-state index in [0.717, 1.165) is 19.4 Å². The highest BCUT2D eigenvalue weighted by Crippen LogP contribution is 2.40. The normalized spacial score (nSPS) is 26.1. The Balaban J connectivity index is 1.96. The Hall–Kier alpha value is -1.17. The molecule has 0 radical (unpaired) electrons. The molecule has 1 saturated carbocycles. The lowest BCUT2D eigenvalue weighted by Gasteiger charge is -2.44. The van der Waals surface area contributed by atoms with Crippen LogP contribution >= 0.6 is 15.9 Å². The Morgan fingerprint density at radius 2 is 2.05 bits per heavy atom. The van der Waals surface area contributed by atoms with Crippen LogP contribution in [0, 0.1) is 16.0 Å². The van der Waals surface area contributed by atoms with Gasteiger partial charge in [-0.25, -0.2) is 4.98 Å². The quantitative estimate of drug-likeness (QED) is 0.605. The standard InChI is InChI=1S/C14H18BrN3O2/c15-11-8-13(18(19)20)14(16-9-11)17-7-3-5-10-4-1-2-6-12(10)17/h8-10,12H,1-7H2/t10-,12-/m1/s1. The fourth-order valence-corrected chi connectivity index (χ4v) is 3.98. The maximum absolute atomic E-state index is 11.3. The number of rotatable bonds is 2. The molecule has 108 valence electrons. The number of nitro groups is 1. The Kier molecular flexibility index (Phi) is 3.92. The first kappa shape index (κ1) is 13.8. The maximum Gasteiger partial charge on any atom is 0.312 e. The molecule has 1 saturated heterocycles. The van der Waals surface area contributed by atoms with Crippen molar-refractivity contribution < 1.29 is 4.92 Å². The van der Waals surface area contributed by atoms with Gasteiger partial charge in [-0.15, -0.1) is 0 Å². The fourth-order valence-electron chi connectivity index (χ4n) is 3.66. The summed E-state index contributed by atoms with van der Waals surface area (Å²) >= 11 is 3.27. The number of anilines is 1. The molecule has 1 aromatic heterocycles. The van der Waals surface area contributed by atoms with Crippen molar-refractivity contribution in [3.05, 3.63) is 26.9 Å². The smallest absolute Gasteiger partial charge is 0.312 e. The van der Waals surface area contributed by atoms with Gasteiger partial charge in [0.05, 0.1) is 4.92 Å². The van der Waals surface area contributed by atoms with Gasteiger partial charge in [-0.05, 0) is 47.5 Å². The van der Waals surface area contributed by atoms with Crippen LogP contribution in [0.25, 0.3) is 0 Å². The van der Waals surface area contributed by atoms with E-state index in [1.807, 2.05) is 0 Å². The van der Waals surface area contributed by atoms with E-state index in [2.05, 4.69) is 25.8 Å². The summed E-state index contributed by atoms with van der Waals surface area (Å²) in [5.41, 5.74) is 0.116. The van der Waals surface area contributed by atoms with Crippen LogP contribution in [0.15, 0.2) is 16.7 Å². The van der Waals surface area contributed by atoms with Gasteiger partial charge >= 0.3 is 5.69 Å². The SMILES string of the molecule is O=[N+]([O-])c1cc(Br)cnc1N1CCC[C@H]2CCCC[C@H]21. The molecular formula is C14H18BrN3O2. The lowest BCUT2D eigenvalue weighted by Crippen LogP contribution is -2.47. The predicted molar refractivity (Wildman–Crippen MR) is 80.9 cm³/mol. The molecule has 0 N–H and O–H groups in total. The molecule has 1 aromatic rings. The molecular weight excluding hydrogens is 322 g/mol. The first-order valence-corrected chi connectivity index (χ1v) is 8.02. The van der Waals surface area contributed by atoms with Crippen molar-refractivity contribution in [1.29, 1.82) is 0 Å². The minimum atomic E-state index is -0.320. The summed E-state index contributed by atoms with van der Waals surface area (Å²) in [5.74, 6) is 1.23. The predicted octanol–water partition coefficient (Wildman–Crippen LogP) is 3.91. The summed E-state index contributed by atoms with van der Waals surface area (Å²) in [4.78, 5) is 17.5. The molecule has 2 fully saturated rings. The molecule has 2 aliphatic rings. The van der Waals surface area contributed by atoms with Crippen molar-refractivity contribution in [3.63, 3.8) is 0 Å². The summed E-state index contributed by atoms with van der Waals surface area (Å²) in [5, 5.41) is 11.3. The van der Waals surface area contributed by atoms with E-state index in [1.54, 1.807) is 12.3 Å². The highest BCUT2D eigenvalue weighted by molar-refractivity contribution is 9.10. The van der Waals surface area contributed by atoms with Crippen LogP contribution in [0.1, 0.15) is 38.5 Å². The third-order valence-electron chi connectivity index (χ3n) is 4.53. The summed E-state index contributed by atoms with van der Waals surface area (Å²) < 4.78 is 0.658. The van der Waals surface area contributed by atoms with Crippen LogP contribution < -0.4 is 4.90 Å². The number of halogens is 1. The molecule has 0 bridgehead atoms. The number of hydrogen-bond donors (Lipinski definition) is 0. The first-order chi connectivity index (χ1) is 9.66. The van der Waals surface area contributed by atoms with Gasteiger partial charge in [0.2, 0.25) is 5.82 Å². The monoisotopic (exact) mass is 339 g/mol. The molecule has 1 aliphatic heterocycles. The zero-order chi connectivity index (χ0) is 14.1. The second kappa shape index (κ2) is 5.68. The average Bonchev–Trinajstić information content (AvgIpc) is 2.46. The molecule has 3 rings (SSSR count). The molecule has 20 heavy (non-hydrogen) atoms. The molecule has 0 amide bonds. The molecule has 0 aromatic carbocycles. The Morgan fingerprint density at radius 1 is 1.30 bits per heavy atom. The fraction of sp³-hybridized carbons (Fsp3) is 0.643. The van der Waals surface area contributed by atoms with E-state index in [-0.39, 0.29) is 10.6 Å². The third kappa shape index (κ3) is 2.53. The van der Waals surface area contributed by atoms with Crippen molar-refractivity contribution in [2.45, 2.75) is 44.6 Å². The van der Waals surface area contributed by atoms with Gasteiger partial charge in [-0.2, -0.15) is 0 Å². The van der Waals surface area contributed by atoms with Crippen molar-refractivity contribution >= 4 is 27.4 Å². The zero-order valence-corrected chi connectivity index (χ0v) is 12.9. The van der Waals surface area contributed by atoms with E-state index in [9.17, 15) is 10.1 Å². The minimum absolute atomic E-state index is 0.116. The van der Waals surface area contributed by atoms with E-state index in [4.69, 9.17) is 0 Å². The van der Waals surface area contributed by atoms with E-state index >= 15 is 0 Å². The minimum Gasteiger partial charge on any atom is -0.348 e. The number of aromatic nitrogens is 1. The second-order valence-corrected chi connectivity index (χ2v) is 6.62. The van der Waals surface area contributed by atoms with Gasteiger partial charge in [0.15, 0.2) is 0 Å². The number of nitrogens with zero attached hydrogens (tertiary/aromatic N) is 3. The number of piperidine rings is 1. The molecule has 1 aliphatic carbocycles. The van der Waals surface area contributed by atoms with Crippen LogP contribution in [-0.2, 0) is 0 Å². The van der Waals surface area contributed by atoms with Crippen LogP contribution in [0.3, 0.4) is 0 Å². The highest BCUT2D eigenvalue weighted by Gasteiger charge is 2.36. The third-order valence-corrected chi connectivity index (χ3v) is 4.96. The number of hydrogen-bond acceptors (Lipinski definition) is 4. The largest absolute Gasteiger partial charge is 0.348 e. The molecule has 0 unspecified atom stereocenters. The van der Waals surface area contributed by atoms with Crippen molar-refractivity contribution in [2.75, 3.05) is 11.4 Å². The van der Waals surface area contributed by atoms with Gasteiger partial charge in [0, 0.05) is 29.3 Å². The first-order valence-electron chi connectivity index (χ1n) is 7.23. The van der Waals surface area contributed by atoms with Crippen LogP contribution in [0.4, 0.5) is 11.5 Å². The topological polar surface area (TPSA) is 59.3 Å². The van der Waals surface area contributed by atoms with Gasteiger partial charge in [0.1, 0.15) is 0 Å². The zero-order valence-electron chi connectivity index (χ0n) is 11.3. The number of fused-ring (bicyclic) bond motifs is 1. The average molecular weight is 340 g/mol. The summed E-state index contributed by atoms with van der Waals surface area (Å²) in [7, 11) is 0. The van der Waals surface area contributed by atoms with Crippen LogP contribution in [0.5, 0.6) is 0 Å². The number of pyridine rings is 1. The highest BCUT2D eigenvalue weighted by atomic mass is 79.9. The molecule has 2 heterocycles. The van der Waals surface area contributed by atoms with Crippen molar-refractivity contribution in [1.82, 2.24) is 4.98 Å². The van der Waals surface area contributed by atoms with Crippen LogP contribution in [0.2, 0.25) is 0 Å². The van der Waals surface area contributed by atoms with Gasteiger partial charge in [0.25, 0.3) is 0 Å². The lowest BCUT2D eigenvalue weighted by atomic mass is 9.78. The lowest BCUT2D eigenvalue weighted by molar-refractivity contribution is -0.384. The van der Waals surface area contributed by atoms with Gasteiger partial charge in [-0.1, -0.05) is 12.8 Å². The maximum atomic E-state index is 11.3. The summed E-state index contributed by atoms with van der Waals surface area (Å²) in [6, 6.07) is 2.00. The van der Waals surface area contributed by atoms with Crippen molar-refractivity contribution in [2.24, 2.45) is 5.92 Å². The molecule has 0 spiro atoms. The molecule has 2 atom stereocenters. The van der Waals surface area contributed by atoms with E-state index < -0.39 is 0 Å². The van der Waals surface area contributed by atoms with Gasteiger partial charge in [-0.3, -0.25) is 10.1 Å². The van der Waals surface area contributed by atoms with Crippen molar-refractivity contribution in [3.8, 4) is 0 Å². The summed E-state index contributed by atoms with van der Waals surface area (Å²) in [6.45, 7) is 0.886. The van der Waals surface area contributed by atoms with E-state index in [1.165, 1.54) is 25.7 Å². The summed E-state index contributed by atoms with van der Waals surface area (Å²) in [6.07, 6.45) is 8.94. The van der Waals surface area contributed by atoms with Gasteiger partial charge < -0.3 is 4.90 Å². The molecule has 6 heteroatoms. The Bertz CT molecular complexity index is 521. The Labute approximate surface area is 126 Å². The Morgan fingerprint density at radius 3 is 2.85 bits per heavy atom. The van der Waals surface area contributed by atoms with Crippen LogP contribution in [-0.4, -0.2) is 22.5 Å². The van der Waals surface area contributed by atoms with E-state index in [0.29, 0.717) is 22.3 Å².